The molecule has 0 fully saturated rings. The lowest BCUT2D eigenvalue weighted by Gasteiger charge is -2.09. The van der Waals surface area contributed by atoms with Crippen LogP contribution < -0.4 is 16.6 Å². The van der Waals surface area contributed by atoms with Crippen molar-refractivity contribution in [3.63, 3.8) is 0 Å². The summed E-state index contributed by atoms with van der Waals surface area (Å²) in [5.74, 6) is 0.380. The maximum absolute atomic E-state index is 12.9. The molecule has 1 N–H and O–H groups in total. The van der Waals surface area contributed by atoms with Gasteiger partial charge in [0.1, 0.15) is 5.39 Å². The predicted molar refractivity (Wildman–Crippen MR) is 112 cm³/mol. The van der Waals surface area contributed by atoms with Crippen molar-refractivity contribution >= 4 is 34.3 Å². The number of aryl methyl sites for hydroxylation is 2. The van der Waals surface area contributed by atoms with Crippen LogP contribution >= 0.6 is 11.6 Å². The first-order chi connectivity index (χ1) is 13.4. The zero-order chi connectivity index (χ0) is 20.0. The molecule has 0 amide bonds. The van der Waals surface area contributed by atoms with E-state index < -0.39 is 11.2 Å². The van der Waals surface area contributed by atoms with Gasteiger partial charge in [0.25, 0.3) is 5.56 Å². The number of halogens is 1. The molecule has 0 bridgehead atoms. The Morgan fingerprint density at radius 2 is 1.75 bits per heavy atom. The smallest absolute Gasteiger partial charge is 0.333 e. The Balaban J connectivity index is 2.09. The first-order valence-corrected chi connectivity index (χ1v) is 9.07. The molecule has 7 heteroatoms. The van der Waals surface area contributed by atoms with E-state index in [1.54, 1.807) is 25.2 Å². The minimum absolute atomic E-state index is 0.208. The van der Waals surface area contributed by atoms with Crippen LogP contribution in [0.4, 0.5) is 11.6 Å². The Morgan fingerprint density at radius 3 is 2.46 bits per heavy atom. The Morgan fingerprint density at radius 1 is 1.00 bits per heavy atom. The van der Waals surface area contributed by atoms with E-state index in [4.69, 9.17) is 16.0 Å². The van der Waals surface area contributed by atoms with Crippen LogP contribution in [0.5, 0.6) is 0 Å². The average molecular weight is 396 g/mol. The Hall–Kier alpha value is -3.25. The van der Waals surface area contributed by atoms with Gasteiger partial charge < -0.3 is 9.73 Å². The van der Waals surface area contributed by atoms with E-state index in [1.807, 2.05) is 37.3 Å². The standard InChI is InChI=1S/C21H18ClN3O3/c1-12-7-4-5-10-15(12)23-18-16(13-8-6-9-14(22)11-13)17-19(26)24(2)21(27)25(3)20(17)28-18/h4-11,23H,1-3H3. The van der Waals surface area contributed by atoms with Crippen LogP contribution in [0.3, 0.4) is 0 Å². The van der Waals surface area contributed by atoms with Gasteiger partial charge in [0.05, 0.1) is 5.56 Å². The van der Waals surface area contributed by atoms with Crippen LogP contribution in [0, 0.1) is 6.92 Å². The summed E-state index contributed by atoms with van der Waals surface area (Å²) >= 11 is 6.19. The van der Waals surface area contributed by atoms with Crippen molar-refractivity contribution < 1.29 is 4.42 Å². The third kappa shape index (κ3) is 2.82. The summed E-state index contributed by atoms with van der Waals surface area (Å²) in [7, 11) is 3.03. The molecule has 0 saturated heterocycles. The molecule has 142 valence electrons. The highest BCUT2D eigenvalue weighted by molar-refractivity contribution is 6.31. The molecule has 4 aromatic rings. The van der Waals surface area contributed by atoms with E-state index >= 15 is 0 Å². The molecule has 0 radical (unpaired) electrons. The molecule has 2 heterocycles. The van der Waals surface area contributed by atoms with Crippen molar-refractivity contribution in [2.24, 2.45) is 14.1 Å². The number of furan rings is 1. The largest absolute Gasteiger partial charge is 0.423 e. The maximum atomic E-state index is 12.9. The molecule has 0 unspecified atom stereocenters. The predicted octanol–water partition coefficient (Wildman–Crippen LogP) is 4.20. The van der Waals surface area contributed by atoms with Crippen molar-refractivity contribution in [1.29, 1.82) is 0 Å². The van der Waals surface area contributed by atoms with Gasteiger partial charge in [0.2, 0.25) is 11.6 Å². The highest BCUT2D eigenvalue weighted by atomic mass is 35.5. The molecule has 0 aliphatic heterocycles. The van der Waals surface area contributed by atoms with Crippen LogP contribution in [-0.4, -0.2) is 9.13 Å². The fraction of sp³-hybridized carbons (Fsp3) is 0.143. The molecule has 0 aliphatic rings. The Bertz CT molecular complexity index is 1330. The lowest BCUT2D eigenvalue weighted by molar-refractivity contribution is 0.577. The van der Waals surface area contributed by atoms with Gasteiger partial charge in [-0.3, -0.25) is 13.9 Å². The summed E-state index contributed by atoms with van der Waals surface area (Å²) < 4.78 is 8.40. The SMILES string of the molecule is Cc1ccccc1Nc1oc2c(c1-c1cccc(Cl)c1)c(=O)n(C)c(=O)n2C. The molecule has 0 spiro atoms. The lowest BCUT2D eigenvalue weighted by atomic mass is 10.0. The monoisotopic (exact) mass is 395 g/mol. The number of hydrogen-bond acceptors (Lipinski definition) is 4. The fourth-order valence-electron chi connectivity index (χ4n) is 3.26. The van der Waals surface area contributed by atoms with E-state index in [0.29, 0.717) is 21.9 Å². The number of fused-ring (bicyclic) bond motifs is 1. The van der Waals surface area contributed by atoms with Gasteiger partial charge in [0, 0.05) is 24.8 Å². The Kier molecular flexibility index (Phi) is 4.35. The third-order valence-corrected chi connectivity index (χ3v) is 5.03. The minimum Gasteiger partial charge on any atom is -0.423 e. The minimum atomic E-state index is -0.452. The van der Waals surface area contributed by atoms with Gasteiger partial charge in [-0.15, -0.1) is 0 Å². The summed E-state index contributed by atoms with van der Waals surface area (Å²) in [6, 6.07) is 14.9. The topological polar surface area (TPSA) is 69.2 Å². The van der Waals surface area contributed by atoms with E-state index in [1.165, 1.54) is 11.6 Å². The van der Waals surface area contributed by atoms with Gasteiger partial charge in [-0.25, -0.2) is 4.79 Å². The quantitative estimate of drug-likeness (QED) is 0.564. The number of anilines is 2. The molecule has 6 nitrogen and oxygen atoms in total. The van der Waals surface area contributed by atoms with Gasteiger partial charge in [-0.1, -0.05) is 41.9 Å². The normalized spacial score (nSPS) is 11.1. The van der Waals surface area contributed by atoms with E-state index in [9.17, 15) is 9.59 Å². The second kappa shape index (κ2) is 6.73. The van der Waals surface area contributed by atoms with Gasteiger partial charge in [-0.05, 0) is 36.2 Å². The van der Waals surface area contributed by atoms with Crippen molar-refractivity contribution in [2.75, 3.05) is 5.32 Å². The number of rotatable bonds is 3. The molecular formula is C21H18ClN3O3. The molecule has 0 atom stereocenters. The summed E-state index contributed by atoms with van der Waals surface area (Å²) in [6.07, 6.45) is 0. The number of para-hydroxylation sites is 1. The van der Waals surface area contributed by atoms with Crippen molar-refractivity contribution in [1.82, 2.24) is 9.13 Å². The van der Waals surface area contributed by atoms with E-state index in [-0.39, 0.29) is 5.71 Å². The van der Waals surface area contributed by atoms with Crippen molar-refractivity contribution in [2.45, 2.75) is 6.92 Å². The summed E-state index contributed by atoms with van der Waals surface area (Å²) in [5.41, 5.74) is 2.48. The van der Waals surface area contributed by atoms with Crippen LogP contribution in [0.25, 0.3) is 22.2 Å². The molecule has 28 heavy (non-hydrogen) atoms. The van der Waals surface area contributed by atoms with Crippen LogP contribution in [0.15, 0.2) is 62.5 Å². The highest BCUT2D eigenvalue weighted by Crippen LogP contribution is 2.39. The average Bonchev–Trinajstić information content (AvgIpc) is 3.06. The van der Waals surface area contributed by atoms with Crippen molar-refractivity contribution in [3.05, 3.63) is 80.0 Å². The molecule has 2 aromatic carbocycles. The summed E-state index contributed by atoms with van der Waals surface area (Å²) in [5, 5.41) is 4.13. The molecule has 0 aliphatic carbocycles. The second-order valence-electron chi connectivity index (χ2n) is 6.64. The number of aromatic nitrogens is 2. The van der Waals surface area contributed by atoms with Crippen LogP contribution in [-0.2, 0) is 14.1 Å². The zero-order valence-electron chi connectivity index (χ0n) is 15.6. The van der Waals surface area contributed by atoms with E-state index in [2.05, 4.69) is 5.32 Å². The second-order valence-corrected chi connectivity index (χ2v) is 7.08. The number of nitrogens with one attached hydrogen (secondary N) is 1. The van der Waals surface area contributed by atoms with Gasteiger partial charge >= 0.3 is 5.69 Å². The van der Waals surface area contributed by atoms with Crippen LogP contribution in [0.1, 0.15) is 5.56 Å². The first-order valence-electron chi connectivity index (χ1n) is 8.69. The molecule has 0 saturated carbocycles. The first kappa shape index (κ1) is 18.1. The number of hydrogen-bond donors (Lipinski definition) is 1. The summed E-state index contributed by atoms with van der Waals surface area (Å²) in [4.78, 5) is 25.3. The number of nitrogens with zero attached hydrogens (tertiary/aromatic N) is 2. The summed E-state index contributed by atoms with van der Waals surface area (Å²) in [6.45, 7) is 1.97. The van der Waals surface area contributed by atoms with E-state index in [0.717, 1.165) is 21.4 Å². The number of benzene rings is 2. The zero-order valence-corrected chi connectivity index (χ0v) is 16.4. The van der Waals surface area contributed by atoms with Gasteiger partial charge in [0.15, 0.2) is 0 Å². The lowest BCUT2D eigenvalue weighted by Crippen LogP contribution is -2.36. The van der Waals surface area contributed by atoms with Crippen molar-refractivity contribution in [3.8, 4) is 11.1 Å². The third-order valence-electron chi connectivity index (χ3n) is 4.79. The molecule has 2 aromatic heterocycles. The fourth-order valence-corrected chi connectivity index (χ4v) is 3.45. The Labute approximate surface area is 165 Å². The maximum Gasteiger partial charge on any atom is 0.333 e. The van der Waals surface area contributed by atoms with Crippen LogP contribution in [0.2, 0.25) is 5.02 Å². The molecule has 4 rings (SSSR count). The molecular weight excluding hydrogens is 378 g/mol. The van der Waals surface area contributed by atoms with Gasteiger partial charge in [-0.2, -0.15) is 0 Å². The highest BCUT2D eigenvalue weighted by Gasteiger charge is 2.23.